The van der Waals surface area contributed by atoms with Crippen LogP contribution in [0.15, 0.2) is 12.7 Å². The lowest BCUT2D eigenvalue weighted by molar-refractivity contribution is -0.119. The lowest BCUT2D eigenvalue weighted by atomic mass is 10.1. The molecule has 0 unspecified atom stereocenters. The summed E-state index contributed by atoms with van der Waals surface area (Å²) in [4.78, 5) is 10.7. The fourth-order valence-electron chi connectivity index (χ4n) is 1.66. The molecule has 2 nitrogen and oxygen atoms in total. The maximum Gasteiger partial charge on any atom is 0.221 e. The van der Waals surface area contributed by atoms with Crippen molar-refractivity contribution in [2.45, 2.75) is 13.8 Å². The van der Waals surface area contributed by atoms with Crippen molar-refractivity contribution in [1.29, 1.82) is 0 Å². The average molecular weight is 139 g/mol. The minimum Gasteiger partial charge on any atom is -0.369 e. The van der Waals surface area contributed by atoms with E-state index < -0.39 is 0 Å². The SMILES string of the molecule is C=C[C@H]1[C@@H](C(N)=O)C1(C)C. The van der Waals surface area contributed by atoms with Crippen LogP contribution in [0.2, 0.25) is 0 Å². The molecule has 10 heavy (non-hydrogen) atoms. The number of rotatable bonds is 2. The third-order valence-corrected chi connectivity index (χ3v) is 2.47. The molecule has 1 rings (SSSR count). The van der Waals surface area contributed by atoms with Gasteiger partial charge in [0.2, 0.25) is 5.91 Å². The summed E-state index contributed by atoms with van der Waals surface area (Å²) in [6.45, 7) is 7.72. The van der Waals surface area contributed by atoms with Crippen molar-refractivity contribution >= 4 is 5.91 Å². The van der Waals surface area contributed by atoms with Gasteiger partial charge in [0, 0.05) is 0 Å². The Kier molecular flexibility index (Phi) is 1.35. The second-order valence-electron chi connectivity index (χ2n) is 3.46. The molecular formula is C8H13NO. The van der Waals surface area contributed by atoms with Gasteiger partial charge >= 0.3 is 0 Å². The maximum atomic E-state index is 10.7. The molecule has 1 aliphatic rings. The third kappa shape index (κ3) is 0.753. The number of carbonyl (C=O) groups is 1. The monoisotopic (exact) mass is 139 g/mol. The number of hydrogen-bond donors (Lipinski definition) is 1. The van der Waals surface area contributed by atoms with Crippen LogP contribution in [0.4, 0.5) is 0 Å². The number of hydrogen-bond acceptors (Lipinski definition) is 1. The highest BCUT2D eigenvalue weighted by molar-refractivity contribution is 5.81. The summed E-state index contributed by atoms with van der Waals surface area (Å²) in [5.74, 6) is 0.116. The number of amides is 1. The van der Waals surface area contributed by atoms with Gasteiger partial charge in [0.05, 0.1) is 5.92 Å². The highest BCUT2D eigenvalue weighted by Gasteiger charge is 2.59. The first-order valence-corrected chi connectivity index (χ1v) is 3.43. The van der Waals surface area contributed by atoms with Gasteiger partial charge in [0.25, 0.3) is 0 Å². The Morgan fingerprint density at radius 1 is 1.70 bits per heavy atom. The molecule has 0 aromatic heterocycles. The average Bonchev–Trinajstić information content (AvgIpc) is 2.33. The van der Waals surface area contributed by atoms with Crippen molar-refractivity contribution in [3.05, 3.63) is 12.7 Å². The van der Waals surface area contributed by atoms with Crippen LogP contribution in [-0.4, -0.2) is 5.91 Å². The topological polar surface area (TPSA) is 43.1 Å². The summed E-state index contributed by atoms with van der Waals surface area (Å²) in [5.41, 5.74) is 5.22. The van der Waals surface area contributed by atoms with E-state index in [2.05, 4.69) is 6.58 Å². The lowest BCUT2D eigenvalue weighted by Crippen LogP contribution is -2.16. The molecule has 0 saturated heterocycles. The van der Waals surface area contributed by atoms with Gasteiger partial charge in [-0.3, -0.25) is 4.79 Å². The Morgan fingerprint density at radius 2 is 2.20 bits per heavy atom. The minimum atomic E-state index is -0.199. The maximum absolute atomic E-state index is 10.7. The standard InChI is InChI=1S/C8H13NO/c1-4-5-6(7(9)10)8(5,2)3/h4-6H,1H2,2-3H3,(H2,9,10)/t5-,6-/m0/s1. The second-order valence-corrected chi connectivity index (χ2v) is 3.46. The summed E-state index contributed by atoms with van der Waals surface area (Å²) in [6.07, 6.45) is 1.81. The second kappa shape index (κ2) is 1.84. The minimum absolute atomic E-state index is 0.0185. The number of nitrogens with two attached hydrogens (primary N) is 1. The van der Waals surface area contributed by atoms with Crippen molar-refractivity contribution < 1.29 is 4.79 Å². The quantitative estimate of drug-likeness (QED) is 0.568. The van der Waals surface area contributed by atoms with E-state index in [1.807, 2.05) is 19.9 Å². The van der Waals surface area contributed by atoms with Crippen LogP contribution in [0.1, 0.15) is 13.8 Å². The molecule has 1 aliphatic carbocycles. The van der Waals surface area contributed by atoms with Crippen LogP contribution in [0.25, 0.3) is 0 Å². The van der Waals surface area contributed by atoms with Crippen molar-refractivity contribution in [1.82, 2.24) is 0 Å². The van der Waals surface area contributed by atoms with Gasteiger partial charge in [0.1, 0.15) is 0 Å². The number of carbonyl (C=O) groups excluding carboxylic acids is 1. The zero-order valence-corrected chi connectivity index (χ0v) is 6.42. The predicted octanol–water partition coefficient (Wildman–Crippen LogP) is 0.930. The zero-order valence-electron chi connectivity index (χ0n) is 6.42. The van der Waals surface area contributed by atoms with Crippen molar-refractivity contribution in [3.63, 3.8) is 0 Å². The van der Waals surface area contributed by atoms with Gasteiger partial charge in [-0.2, -0.15) is 0 Å². The first kappa shape index (κ1) is 7.32. The van der Waals surface area contributed by atoms with Crippen LogP contribution in [-0.2, 0) is 4.79 Å². The third-order valence-electron chi connectivity index (χ3n) is 2.47. The van der Waals surface area contributed by atoms with E-state index in [-0.39, 0.29) is 17.2 Å². The van der Waals surface area contributed by atoms with Crippen molar-refractivity contribution in [3.8, 4) is 0 Å². The van der Waals surface area contributed by atoms with Gasteiger partial charge in [-0.1, -0.05) is 19.9 Å². The van der Waals surface area contributed by atoms with Crippen LogP contribution in [0.3, 0.4) is 0 Å². The molecule has 2 heteroatoms. The van der Waals surface area contributed by atoms with Crippen LogP contribution in [0, 0.1) is 17.3 Å². The molecular weight excluding hydrogens is 126 g/mol. The molecule has 0 heterocycles. The van der Waals surface area contributed by atoms with E-state index in [0.717, 1.165) is 0 Å². The molecule has 0 aliphatic heterocycles. The molecule has 2 N–H and O–H groups in total. The highest BCUT2D eigenvalue weighted by Crippen LogP contribution is 2.58. The summed E-state index contributed by atoms with van der Waals surface area (Å²) in [5, 5.41) is 0. The summed E-state index contributed by atoms with van der Waals surface area (Å²) < 4.78 is 0. The largest absolute Gasteiger partial charge is 0.369 e. The molecule has 0 aromatic rings. The Morgan fingerprint density at radius 3 is 2.30 bits per heavy atom. The van der Waals surface area contributed by atoms with Gasteiger partial charge in [0.15, 0.2) is 0 Å². The van der Waals surface area contributed by atoms with Crippen molar-refractivity contribution in [2.24, 2.45) is 23.0 Å². The van der Waals surface area contributed by atoms with Gasteiger partial charge in [-0.05, 0) is 11.3 Å². The molecule has 56 valence electrons. The Hall–Kier alpha value is -0.790. The van der Waals surface area contributed by atoms with E-state index >= 15 is 0 Å². The molecule has 1 amide bonds. The molecule has 0 radical (unpaired) electrons. The molecule has 1 saturated carbocycles. The molecule has 0 aromatic carbocycles. The van der Waals surface area contributed by atoms with Crippen LogP contribution >= 0.6 is 0 Å². The molecule has 0 bridgehead atoms. The fourth-order valence-corrected chi connectivity index (χ4v) is 1.66. The number of primary amides is 1. The Balaban J connectivity index is 2.70. The smallest absolute Gasteiger partial charge is 0.221 e. The summed E-state index contributed by atoms with van der Waals surface area (Å²) >= 11 is 0. The normalized spacial score (nSPS) is 35.0. The lowest BCUT2D eigenvalue weighted by Gasteiger charge is -1.96. The van der Waals surface area contributed by atoms with E-state index in [4.69, 9.17) is 5.73 Å². The van der Waals surface area contributed by atoms with Crippen molar-refractivity contribution in [2.75, 3.05) is 0 Å². The van der Waals surface area contributed by atoms with Gasteiger partial charge < -0.3 is 5.73 Å². The van der Waals surface area contributed by atoms with Gasteiger partial charge in [-0.15, -0.1) is 6.58 Å². The Labute approximate surface area is 61.1 Å². The van der Waals surface area contributed by atoms with E-state index in [1.54, 1.807) is 0 Å². The first-order valence-electron chi connectivity index (χ1n) is 3.43. The van der Waals surface area contributed by atoms with Gasteiger partial charge in [-0.25, -0.2) is 0 Å². The fraction of sp³-hybridized carbons (Fsp3) is 0.625. The summed E-state index contributed by atoms with van der Waals surface area (Å²) in [7, 11) is 0. The van der Waals surface area contributed by atoms with E-state index in [0.29, 0.717) is 5.92 Å². The molecule has 1 fully saturated rings. The predicted molar refractivity (Wildman–Crippen MR) is 40.2 cm³/mol. The van der Waals surface area contributed by atoms with Crippen LogP contribution in [0.5, 0.6) is 0 Å². The van der Waals surface area contributed by atoms with E-state index in [9.17, 15) is 4.79 Å². The number of allylic oxidation sites excluding steroid dienone is 1. The van der Waals surface area contributed by atoms with Crippen LogP contribution < -0.4 is 5.73 Å². The Bertz CT molecular complexity index is 184. The highest BCUT2D eigenvalue weighted by atomic mass is 16.1. The van der Waals surface area contributed by atoms with E-state index in [1.165, 1.54) is 0 Å². The molecule has 2 atom stereocenters. The molecule has 0 spiro atoms. The first-order chi connectivity index (χ1) is 4.51. The summed E-state index contributed by atoms with van der Waals surface area (Å²) in [6, 6.07) is 0. The zero-order chi connectivity index (χ0) is 7.94.